The molecule has 1 aromatic rings. The van der Waals surface area contributed by atoms with E-state index in [2.05, 4.69) is 10.3 Å². The van der Waals surface area contributed by atoms with Crippen LogP contribution in [0.4, 0.5) is 18.9 Å². The van der Waals surface area contributed by atoms with Crippen LogP contribution >= 0.6 is 0 Å². The van der Waals surface area contributed by atoms with Gasteiger partial charge >= 0.3 is 6.18 Å². The number of nitrogens with zero attached hydrogens (tertiary/aromatic N) is 3. The van der Waals surface area contributed by atoms with Crippen molar-refractivity contribution >= 4 is 5.69 Å². The first-order valence-electron chi connectivity index (χ1n) is 6.09. The maximum atomic E-state index is 12.4. The lowest BCUT2D eigenvalue weighted by Crippen LogP contribution is -2.31. The maximum absolute atomic E-state index is 12.4. The second kappa shape index (κ2) is 6.04. The van der Waals surface area contributed by atoms with Gasteiger partial charge < -0.3 is 0 Å². The highest BCUT2D eigenvalue weighted by Gasteiger charge is 2.29. The number of hydrogen-bond acceptors (Lipinski definition) is 2. The normalized spacial score (nSPS) is 12.7. The first kappa shape index (κ1) is 15.5. The molecule has 0 aliphatic carbocycles. The average Bonchev–Trinajstić information content (AvgIpc) is 2.27. The smallest absolute Gasteiger partial charge is 0.273 e. The fourth-order valence-electron chi connectivity index (χ4n) is 1.62. The lowest BCUT2D eigenvalue weighted by Gasteiger charge is -2.25. The predicted molar refractivity (Wildman–Crippen MR) is 68.1 cm³/mol. The zero-order chi connectivity index (χ0) is 14.6. The standard InChI is InChI=1S/C13H18F3N3/c1-9(2)19(10(3)4)18-17-12-7-5-11(6-8-12)13(14,15)16/h5-10H,1-4H3. The van der Waals surface area contributed by atoms with Gasteiger partial charge in [0.05, 0.1) is 11.3 Å². The van der Waals surface area contributed by atoms with Gasteiger partial charge in [-0.05, 0) is 52.0 Å². The molecule has 1 rings (SSSR count). The summed E-state index contributed by atoms with van der Waals surface area (Å²) in [6, 6.07) is 4.99. The summed E-state index contributed by atoms with van der Waals surface area (Å²) in [4.78, 5) is 0. The molecule has 0 amide bonds. The summed E-state index contributed by atoms with van der Waals surface area (Å²) in [6.45, 7) is 7.91. The van der Waals surface area contributed by atoms with Gasteiger partial charge in [-0.1, -0.05) is 5.22 Å². The van der Waals surface area contributed by atoms with Gasteiger partial charge in [0.1, 0.15) is 0 Å². The van der Waals surface area contributed by atoms with E-state index in [9.17, 15) is 13.2 Å². The Hall–Kier alpha value is -1.59. The molecule has 0 saturated heterocycles. The van der Waals surface area contributed by atoms with Crippen LogP contribution in [-0.2, 0) is 6.18 Å². The average molecular weight is 273 g/mol. The molecule has 0 spiro atoms. The second-order valence-corrected chi connectivity index (χ2v) is 4.80. The Kier molecular flexibility index (Phi) is 4.91. The fourth-order valence-corrected chi connectivity index (χ4v) is 1.62. The fraction of sp³-hybridized carbons (Fsp3) is 0.538. The topological polar surface area (TPSA) is 28.0 Å². The summed E-state index contributed by atoms with van der Waals surface area (Å²) in [6.07, 6.45) is -4.32. The summed E-state index contributed by atoms with van der Waals surface area (Å²) >= 11 is 0. The van der Waals surface area contributed by atoms with E-state index >= 15 is 0 Å². The van der Waals surface area contributed by atoms with Crippen LogP contribution in [0.1, 0.15) is 33.3 Å². The van der Waals surface area contributed by atoms with Crippen LogP contribution in [0, 0.1) is 0 Å². The van der Waals surface area contributed by atoms with Crippen LogP contribution in [-0.4, -0.2) is 17.1 Å². The van der Waals surface area contributed by atoms with E-state index in [-0.39, 0.29) is 12.1 Å². The van der Waals surface area contributed by atoms with Crippen molar-refractivity contribution in [3.05, 3.63) is 29.8 Å². The largest absolute Gasteiger partial charge is 0.416 e. The quantitative estimate of drug-likeness (QED) is 0.570. The van der Waals surface area contributed by atoms with Crippen LogP contribution in [0.25, 0.3) is 0 Å². The monoisotopic (exact) mass is 273 g/mol. The van der Waals surface area contributed by atoms with Gasteiger partial charge in [0, 0.05) is 12.1 Å². The number of alkyl halides is 3. The maximum Gasteiger partial charge on any atom is 0.416 e. The summed E-state index contributed by atoms with van der Waals surface area (Å²) in [5.74, 6) is 0. The van der Waals surface area contributed by atoms with E-state index in [1.165, 1.54) is 12.1 Å². The zero-order valence-corrected chi connectivity index (χ0v) is 11.4. The Morgan fingerprint density at radius 3 is 1.79 bits per heavy atom. The van der Waals surface area contributed by atoms with Crippen LogP contribution < -0.4 is 0 Å². The van der Waals surface area contributed by atoms with Crippen molar-refractivity contribution in [3.63, 3.8) is 0 Å². The van der Waals surface area contributed by atoms with E-state index < -0.39 is 11.7 Å². The third kappa shape index (κ3) is 4.54. The van der Waals surface area contributed by atoms with Gasteiger partial charge in [-0.3, -0.25) is 5.01 Å². The van der Waals surface area contributed by atoms with Gasteiger partial charge in [0.2, 0.25) is 0 Å². The molecule has 0 bridgehead atoms. The van der Waals surface area contributed by atoms with Crippen molar-refractivity contribution in [3.8, 4) is 0 Å². The van der Waals surface area contributed by atoms with Gasteiger partial charge in [-0.2, -0.15) is 13.2 Å². The highest BCUT2D eigenvalue weighted by molar-refractivity contribution is 5.38. The highest BCUT2D eigenvalue weighted by atomic mass is 19.4. The van der Waals surface area contributed by atoms with Crippen LogP contribution in [0.2, 0.25) is 0 Å². The van der Waals surface area contributed by atoms with E-state index in [1.807, 2.05) is 27.7 Å². The number of halogens is 3. The van der Waals surface area contributed by atoms with E-state index in [1.54, 1.807) is 5.01 Å². The van der Waals surface area contributed by atoms with Gasteiger partial charge in [0.25, 0.3) is 0 Å². The third-order valence-corrected chi connectivity index (χ3v) is 2.52. The molecule has 0 fully saturated rings. The number of benzene rings is 1. The van der Waals surface area contributed by atoms with Gasteiger partial charge in [-0.25, -0.2) is 0 Å². The van der Waals surface area contributed by atoms with Crippen molar-refractivity contribution in [1.29, 1.82) is 0 Å². The van der Waals surface area contributed by atoms with Crippen LogP contribution in [0.3, 0.4) is 0 Å². The Bertz CT molecular complexity index is 414. The predicted octanol–water partition coefficient (Wildman–Crippen LogP) is 4.82. The Morgan fingerprint density at radius 2 is 1.42 bits per heavy atom. The molecule has 0 unspecified atom stereocenters. The summed E-state index contributed by atoms with van der Waals surface area (Å²) in [7, 11) is 0. The number of rotatable bonds is 4. The van der Waals surface area contributed by atoms with Crippen molar-refractivity contribution in [2.75, 3.05) is 0 Å². The van der Waals surface area contributed by atoms with Crippen molar-refractivity contribution < 1.29 is 13.2 Å². The van der Waals surface area contributed by atoms with Crippen LogP contribution in [0.15, 0.2) is 34.6 Å². The molecule has 0 N–H and O–H groups in total. The SMILES string of the molecule is CC(C)N(N=Nc1ccc(C(F)(F)F)cc1)C(C)C. The molecule has 0 saturated carbocycles. The lowest BCUT2D eigenvalue weighted by atomic mass is 10.2. The molecule has 106 valence electrons. The van der Waals surface area contributed by atoms with Crippen molar-refractivity contribution in [1.82, 2.24) is 5.01 Å². The molecule has 3 nitrogen and oxygen atoms in total. The molecular formula is C13H18F3N3. The van der Waals surface area contributed by atoms with E-state index in [4.69, 9.17) is 0 Å². The van der Waals surface area contributed by atoms with Crippen molar-refractivity contribution in [2.24, 2.45) is 10.3 Å². The summed E-state index contributed by atoms with van der Waals surface area (Å²) in [5, 5.41) is 9.81. The number of hydrogen-bond donors (Lipinski definition) is 0. The molecule has 19 heavy (non-hydrogen) atoms. The molecule has 0 aliphatic rings. The lowest BCUT2D eigenvalue weighted by molar-refractivity contribution is -0.137. The highest BCUT2D eigenvalue weighted by Crippen LogP contribution is 2.30. The molecule has 0 aromatic heterocycles. The molecule has 0 heterocycles. The molecule has 0 aliphatic heterocycles. The first-order valence-corrected chi connectivity index (χ1v) is 6.09. The van der Waals surface area contributed by atoms with Crippen molar-refractivity contribution in [2.45, 2.75) is 46.0 Å². The summed E-state index contributed by atoms with van der Waals surface area (Å²) < 4.78 is 37.1. The Labute approximate surface area is 111 Å². The molecule has 1 aromatic carbocycles. The third-order valence-electron chi connectivity index (χ3n) is 2.52. The molecular weight excluding hydrogens is 255 g/mol. The molecule has 0 radical (unpaired) electrons. The molecule has 6 heteroatoms. The minimum atomic E-state index is -4.32. The van der Waals surface area contributed by atoms with Crippen LogP contribution in [0.5, 0.6) is 0 Å². The second-order valence-electron chi connectivity index (χ2n) is 4.80. The summed E-state index contributed by atoms with van der Waals surface area (Å²) in [5.41, 5.74) is -0.282. The zero-order valence-electron chi connectivity index (χ0n) is 11.4. The molecule has 0 atom stereocenters. The van der Waals surface area contributed by atoms with Gasteiger partial charge in [0.15, 0.2) is 0 Å². The minimum absolute atomic E-state index is 0.179. The van der Waals surface area contributed by atoms with Gasteiger partial charge in [-0.15, -0.1) is 5.11 Å². The Balaban J connectivity index is 2.83. The van der Waals surface area contributed by atoms with E-state index in [0.717, 1.165) is 12.1 Å². The van der Waals surface area contributed by atoms with E-state index in [0.29, 0.717) is 5.69 Å². The minimum Gasteiger partial charge on any atom is -0.273 e. The Morgan fingerprint density at radius 1 is 0.947 bits per heavy atom. The first-order chi connectivity index (χ1) is 8.71.